The molecule has 0 bridgehead atoms. The molecule has 3 N–H and O–H groups in total. The molecular formula is C22H17BrF3N5O2S. The fourth-order valence-corrected chi connectivity index (χ4v) is 4.98. The molecule has 0 fully saturated rings. The summed E-state index contributed by atoms with van der Waals surface area (Å²) in [5.41, 5.74) is 6.16. The summed E-state index contributed by atoms with van der Waals surface area (Å²) in [6.07, 6.45) is -3.26. The highest BCUT2D eigenvalue weighted by Gasteiger charge is 2.35. The molecule has 0 aliphatic carbocycles. The van der Waals surface area contributed by atoms with Crippen LogP contribution in [0.25, 0.3) is 21.3 Å². The third-order valence-electron chi connectivity index (χ3n) is 5.09. The number of anilines is 1. The molecule has 3 aromatic heterocycles. The number of halogens is 4. The van der Waals surface area contributed by atoms with Crippen LogP contribution in [-0.4, -0.2) is 26.6 Å². The molecule has 1 aromatic carbocycles. The average Bonchev–Trinajstić information content (AvgIpc) is 3.33. The lowest BCUT2D eigenvalue weighted by molar-refractivity contribution is -0.140. The van der Waals surface area contributed by atoms with Crippen LogP contribution in [0.1, 0.15) is 38.3 Å². The Balaban J connectivity index is 1.99. The van der Waals surface area contributed by atoms with Gasteiger partial charge in [0.2, 0.25) is 0 Å². The third-order valence-corrected chi connectivity index (χ3v) is 6.77. The van der Waals surface area contributed by atoms with E-state index in [1.165, 1.54) is 10.9 Å². The predicted octanol–water partition coefficient (Wildman–Crippen LogP) is 5.62. The first kappa shape index (κ1) is 23.9. The molecule has 0 radical (unpaired) electrons. The number of alkyl halides is 3. The van der Waals surface area contributed by atoms with Crippen LogP contribution in [0.4, 0.5) is 18.9 Å². The van der Waals surface area contributed by atoms with Crippen molar-refractivity contribution in [2.75, 3.05) is 5.32 Å². The summed E-state index contributed by atoms with van der Waals surface area (Å²) in [5, 5.41) is 6.97. The van der Waals surface area contributed by atoms with Gasteiger partial charge in [-0.25, -0.2) is 4.98 Å². The molecule has 3 heterocycles. The van der Waals surface area contributed by atoms with E-state index in [1.54, 1.807) is 31.2 Å². The van der Waals surface area contributed by atoms with E-state index < -0.39 is 23.7 Å². The first-order chi connectivity index (χ1) is 16.0. The average molecular weight is 552 g/mol. The van der Waals surface area contributed by atoms with Crippen molar-refractivity contribution in [2.24, 2.45) is 5.73 Å². The Morgan fingerprint density at radius 2 is 1.91 bits per heavy atom. The number of nitrogens with two attached hydrogens (primary N) is 1. The van der Waals surface area contributed by atoms with Crippen molar-refractivity contribution in [3.8, 4) is 11.1 Å². The lowest BCUT2D eigenvalue weighted by atomic mass is 10.00. The molecule has 0 aliphatic heterocycles. The molecule has 0 saturated carbocycles. The number of fused-ring (bicyclic) bond motifs is 1. The van der Waals surface area contributed by atoms with Crippen molar-refractivity contribution in [1.82, 2.24) is 14.8 Å². The first-order valence-corrected chi connectivity index (χ1v) is 11.6. The highest BCUT2D eigenvalue weighted by Crippen LogP contribution is 2.44. The number of primary amides is 1. The maximum Gasteiger partial charge on any atom is 0.433 e. The van der Waals surface area contributed by atoms with Gasteiger partial charge in [-0.2, -0.15) is 18.3 Å². The van der Waals surface area contributed by atoms with E-state index in [1.807, 2.05) is 6.92 Å². The van der Waals surface area contributed by atoms with Crippen LogP contribution in [0.15, 0.2) is 41.0 Å². The Kier molecular flexibility index (Phi) is 6.21. The number of benzene rings is 1. The van der Waals surface area contributed by atoms with Crippen molar-refractivity contribution in [2.45, 2.75) is 26.6 Å². The van der Waals surface area contributed by atoms with E-state index in [0.29, 0.717) is 27.9 Å². The first-order valence-electron chi connectivity index (χ1n) is 9.95. The standard InChI is InChI=1S/C22H17BrF3N5O2S/c1-3-31-17(13(23)9-28-31)20(33)30-16-15-12(11-6-4-10(2)5-7-11)8-14(22(24,25)26)29-21(15)34-18(16)19(27)32/h4-9H,3H2,1-2H3,(H2,27,32)(H,30,33). The number of carbonyl (C=O) groups is 2. The van der Waals surface area contributed by atoms with Gasteiger partial charge in [-0.3, -0.25) is 14.3 Å². The van der Waals surface area contributed by atoms with E-state index in [9.17, 15) is 22.8 Å². The van der Waals surface area contributed by atoms with Gasteiger partial charge in [-0.15, -0.1) is 11.3 Å². The summed E-state index contributed by atoms with van der Waals surface area (Å²) in [5.74, 6) is -1.51. The summed E-state index contributed by atoms with van der Waals surface area (Å²) < 4.78 is 42.8. The summed E-state index contributed by atoms with van der Waals surface area (Å²) >= 11 is 3.97. The molecule has 176 valence electrons. The molecule has 4 aromatic rings. The van der Waals surface area contributed by atoms with Crippen LogP contribution >= 0.6 is 27.3 Å². The Hall–Kier alpha value is -3.25. The highest BCUT2D eigenvalue weighted by atomic mass is 79.9. The molecule has 4 rings (SSSR count). The number of carbonyl (C=O) groups excluding carboxylic acids is 2. The fourth-order valence-electron chi connectivity index (χ4n) is 3.50. The van der Waals surface area contributed by atoms with Crippen LogP contribution in [-0.2, 0) is 12.7 Å². The molecule has 0 saturated heterocycles. The van der Waals surface area contributed by atoms with Gasteiger partial charge in [0.25, 0.3) is 11.8 Å². The lowest BCUT2D eigenvalue weighted by Gasteiger charge is -2.13. The molecule has 12 heteroatoms. The second kappa shape index (κ2) is 8.84. The summed E-state index contributed by atoms with van der Waals surface area (Å²) in [6, 6.07) is 7.75. The maximum absolute atomic E-state index is 13.6. The van der Waals surface area contributed by atoms with Gasteiger partial charge in [0.05, 0.1) is 16.4 Å². The lowest BCUT2D eigenvalue weighted by Crippen LogP contribution is -2.20. The monoisotopic (exact) mass is 551 g/mol. The van der Waals surface area contributed by atoms with Crippen molar-refractivity contribution in [1.29, 1.82) is 0 Å². The van der Waals surface area contributed by atoms with E-state index in [-0.39, 0.29) is 32.0 Å². The minimum Gasteiger partial charge on any atom is -0.365 e. The second-order valence-electron chi connectivity index (χ2n) is 7.38. The summed E-state index contributed by atoms with van der Waals surface area (Å²) in [4.78, 5) is 29.0. The number of aryl methyl sites for hydroxylation is 2. The zero-order valence-electron chi connectivity index (χ0n) is 17.8. The number of amides is 2. The number of rotatable bonds is 5. The van der Waals surface area contributed by atoms with Crippen molar-refractivity contribution < 1.29 is 22.8 Å². The van der Waals surface area contributed by atoms with E-state index in [2.05, 4.69) is 31.3 Å². The second-order valence-corrected chi connectivity index (χ2v) is 9.23. The minimum absolute atomic E-state index is 0.00468. The number of pyridine rings is 1. The Morgan fingerprint density at radius 1 is 1.24 bits per heavy atom. The number of hydrogen-bond acceptors (Lipinski definition) is 5. The van der Waals surface area contributed by atoms with Crippen molar-refractivity contribution in [3.63, 3.8) is 0 Å². The smallest absolute Gasteiger partial charge is 0.365 e. The molecule has 2 amide bonds. The van der Waals surface area contributed by atoms with E-state index >= 15 is 0 Å². The van der Waals surface area contributed by atoms with Crippen LogP contribution in [0.5, 0.6) is 0 Å². The predicted molar refractivity (Wildman–Crippen MR) is 127 cm³/mol. The topological polar surface area (TPSA) is 103 Å². The zero-order valence-corrected chi connectivity index (χ0v) is 20.2. The Bertz CT molecular complexity index is 1430. The number of nitrogens with one attached hydrogen (secondary N) is 1. The van der Waals surface area contributed by atoms with Gasteiger partial charge in [-0.1, -0.05) is 29.8 Å². The molecule has 0 atom stereocenters. The molecular weight excluding hydrogens is 535 g/mol. The zero-order chi connectivity index (χ0) is 24.8. The Morgan fingerprint density at radius 3 is 2.50 bits per heavy atom. The van der Waals surface area contributed by atoms with Crippen LogP contribution in [0, 0.1) is 6.92 Å². The molecule has 34 heavy (non-hydrogen) atoms. The van der Waals surface area contributed by atoms with Crippen LogP contribution in [0.3, 0.4) is 0 Å². The quantitative estimate of drug-likeness (QED) is 0.336. The van der Waals surface area contributed by atoms with Gasteiger partial charge in [0.1, 0.15) is 21.1 Å². The van der Waals surface area contributed by atoms with E-state index in [0.717, 1.165) is 11.6 Å². The van der Waals surface area contributed by atoms with Crippen molar-refractivity contribution in [3.05, 3.63) is 62.8 Å². The molecule has 7 nitrogen and oxygen atoms in total. The van der Waals surface area contributed by atoms with E-state index in [4.69, 9.17) is 5.73 Å². The SMILES string of the molecule is CCn1ncc(Br)c1C(=O)Nc1c(C(N)=O)sc2nc(C(F)(F)F)cc(-c3ccc(C)cc3)c12. The number of thiophene rings is 1. The number of hydrogen-bond donors (Lipinski definition) is 2. The Labute approximate surface area is 203 Å². The number of nitrogens with zero attached hydrogens (tertiary/aromatic N) is 3. The van der Waals surface area contributed by atoms with Gasteiger partial charge < -0.3 is 11.1 Å². The highest BCUT2D eigenvalue weighted by molar-refractivity contribution is 9.10. The third kappa shape index (κ3) is 4.30. The van der Waals surface area contributed by atoms with Gasteiger partial charge >= 0.3 is 6.18 Å². The maximum atomic E-state index is 13.6. The minimum atomic E-state index is -4.72. The van der Waals surface area contributed by atoms with Gasteiger partial charge in [-0.05, 0) is 47.0 Å². The van der Waals surface area contributed by atoms with Gasteiger partial charge in [0, 0.05) is 11.9 Å². The fraction of sp³-hybridized carbons (Fsp3) is 0.182. The summed E-state index contributed by atoms with van der Waals surface area (Å²) in [7, 11) is 0. The molecule has 0 unspecified atom stereocenters. The molecule has 0 spiro atoms. The van der Waals surface area contributed by atoms with Gasteiger partial charge in [0.15, 0.2) is 0 Å². The largest absolute Gasteiger partial charge is 0.433 e. The summed E-state index contributed by atoms with van der Waals surface area (Å²) in [6.45, 7) is 4.04. The number of aromatic nitrogens is 3. The van der Waals surface area contributed by atoms with Crippen LogP contribution in [0.2, 0.25) is 0 Å². The molecule has 0 aliphatic rings. The van der Waals surface area contributed by atoms with Crippen molar-refractivity contribution >= 4 is 55.0 Å². The van der Waals surface area contributed by atoms with Crippen LogP contribution < -0.4 is 11.1 Å². The normalized spacial score (nSPS) is 11.7.